The Labute approximate surface area is 173 Å². The topological polar surface area (TPSA) is 87.0 Å². The van der Waals surface area contributed by atoms with Crippen molar-refractivity contribution < 1.29 is 24.9 Å². The number of aliphatic hydroxyl groups is 3. The van der Waals surface area contributed by atoms with Gasteiger partial charge in [-0.2, -0.15) is 0 Å². The Morgan fingerprint density at radius 3 is 2.66 bits per heavy atom. The third kappa shape index (κ3) is 2.66. The molecule has 5 aliphatic rings. The summed E-state index contributed by atoms with van der Waals surface area (Å²) < 4.78 is 5.23. The molecule has 5 heteroatoms. The van der Waals surface area contributed by atoms with Gasteiger partial charge >= 0.3 is 5.97 Å². The van der Waals surface area contributed by atoms with Gasteiger partial charge in [-0.3, -0.25) is 0 Å². The third-order valence-electron chi connectivity index (χ3n) is 10.2. The molecule has 0 amide bonds. The number of ether oxygens (including phenoxy) is 1. The van der Waals surface area contributed by atoms with Crippen molar-refractivity contribution in [1.82, 2.24) is 0 Å². The minimum Gasteiger partial charge on any atom is -0.458 e. The van der Waals surface area contributed by atoms with E-state index in [0.717, 1.165) is 69.8 Å². The predicted octanol–water partition coefficient (Wildman–Crippen LogP) is 2.97. The van der Waals surface area contributed by atoms with Crippen molar-refractivity contribution in [2.75, 3.05) is 13.2 Å². The van der Waals surface area contributed by atoms with E-state index in [1.807, 2.05) is 0 Å². The van der Waals surface area contributed by atoms with Crippen LogP contribution in [0.3, 0.4) is 0 Å². The summed E-state index contributed by atoms with van der Waals surface area (Å²) in [5.74, 6) is 0.845. The maximum absolute atomic E-state index is 12.3. The fourth-order valence-electron chi connectivity index (χ4n) is 8.70. The number of cyclic esters (lactones) is 1. The van der Waals surface area contributed by atoms with Gasteiger partial charge in [0.15, 0.2) is 0 Å². The normalized spacial score (nSPS) is 52.1. The lowest BCUT2D eigenvalue weighted by Crippen LogP contribution is -2.67. The van der Waals surface area contributed by atoms with Crippen LogP contribution in [0, 0.1) is 34.5 Å². The predicted molar refractivity (Wildman–Crippen MR) is 108 cm³/mol. The van der Waals surface area contributed by atoms with Crippen molar-refractivity contribution in [3.05, 3.63) is 11.6 Å². The fourth-order valence-corrected chi connectivity index (χ4v) is 8.70. The molecule has 0 saturated heterocycles. The molecule has 8 atom stereocenters. The average molecular weight is 405 g/mol. The van der Waals surface area contributed by atoms with E-state index in [-0.39, 0.29) is 41.3 Å². The van der Waals surface area contributed by atoms with Crippen LogP contribution in [0.25, 0.3) is 0 Å². The van der Waals surface area contributed by atoms with E-state index in [1.165, 1.54) is 0 Å². The van der Waals surface area contributed by atoms with Gasteiger partial charge in [0.25, 0.3) is 0 Å². The zero-order valence-corrected chi connectivity index (χ0v) is 17.6. The first kappa shape index (κ1) is 20.0. The van der Waals surface area contributed by atoms with Crippen LogP contribution >= 0.6 is 0 Å². The number of aliphatic hydroxyl groups excluding tert-OH is 2. The average Bonchev–Trinajstić information content (AvgIpc) is 3.13. The molecule has 1 heterocycles. The number of hydrogen-bond acceptors (Lipinski definition) is 5. The summed E-state index contributed by atoms with van der Waals surface area (Å²) in [5.41, 5.74) is -0.0728. The molecule has 1 aliphatic heterocycles. The third-order valence-corrected chi connectivity index (χ3v) is 10.2. The molecule has 4 fully saturated rings. The summed E-state index contributed by atoms with van der Waals surface area (Å²) in [7, 11) is 0. The van der Waals surface area contributed by atoms with Crippen LogP contribution in [0.4, 0.5) is 0 Å². The molecule has 3 N–H and O–H groups in total. The Morgan fingerprint density at radius 2 is 1.93 bits per heavy atom. The zero-order chi connectivity index (χ0) is 20.4. The molecule has 5 nitrogen and oxygen atoms in total. The van der Waals surface area contributed by atoms with Crippen molar-refractivity contribution in [3.63, 3.8) is 0 Å². The van der Waals surface area contributed by atoms with Crippen molar-refractivity contribution in [2.45, 2.75) is 82.8 Å². The highest BCUT2D eigenvalue weighted by Crippen LogP contribution is 2.68. The summed E-state index contributed by atoms with van der Waals surface area (Å²) in [6.07, 6.45) is 10.6. The van der Waals surface area contributed by atoms with Crippen LogP contribution in [0.15, 0.2) is 11.6 Å². The van der Waals surface area contributed by atoms with Gasteiger partial charge in [0.1, 0.15) is 6.61 Å². The van der Waals surface area contributed by atoms with Crippen LogP contribution in [0.1, 0.15) is 71.1 Å². The number of carbonyl (C=O) groups excluding carboxylic acids is 1. The summed E-state index contributed by atoms with van der Waals surface area (Å²) in [5, 5.41) is 33.1. The maximum atomic E-state index is 12.3. The number of fused-ring (bicyclic) bond motifs is 5. The van der Waals surface area contributed by atoms with Gasteiger partial charge in [-0.1, -0.05) is 6.92 Å². The van der Waals surface area contributed by atoms with E-state index in [2.05, 4.69) is 6.92 Å². The molecule has 5 rings (SSSR count). The molecule has 0 aromatic carbocycles. The van der Waals surface area contributed by atoms with E-state index in [1.54, 1.807) is 6.08 Å². The number of carbonyl (C=O) groups is 1. The summed E-state index contributed by atoms with van der Waals surface area (Å²) in [6.45, 7) is 2.80. The maximum Gasteiger partial charge on any atom is 0.331 e. The van der Waals surface area contributed by atoms with E-state index >= 15 is 0 Å². The lowest BCUT2D eigenvalue weighted by atomic mass is 9.39. The van der Waals surface area contributed by atoms with Crippen molar-refractivity contribution in [3.8, 4) is 0 Å². The van der Waals surface area contributed by atoms with Gasteiger partial charge in [0, 0.05) is 18.1 Å². The second-order valence-electron chi connectivity index (χ2n) is 11.0. The smallest absolute Gasteiger partial charge is 0.331 e. The van der Waals surface area contributed by atoms with Crippen LogP contribution in [-0.2, 0) is 9.53 Å². The lowest BCUT2D eigenvalue weighted by Gasteiger charge is -2.67. The highest BCUT2D eigenvalue weighted by atomic mass is 16.5. The highest BCUT2D eigenvalue weighted by Gasteiger charge is 2.66. The fraction of sp³-hybridized carbons (Fsp3) is 0.875. The molecular weight excluding hydrogens is 368 g/mol. The van der Waals surface area contributed by atoms with Crippen molar-refractivity contribution >= 4 is 5.97 Å². The van der Waals surface area contributed by atoms with E-state index in [0.29, 0.717) is 18.4 Å². The minimum atomic E-state index is -0.755. The van der Waals surface area contributed by atoms with E-state index in [9.17, 15) is 20.1 Å². The van der Waals surface area contributed by atoms with Crippen LogP contribution < -0.4 is 0 Å². The molecule has 0 radical (unpaired) electrons. The number of esters is 1. The Balaban J connectivity index is 1.50. The monoisotopic (exact) mass is 404 g/mol. The summed E-state index contributed by atoms with van der Waals surface area (Å²) in [6, 6.07) is 0. The minimum absolute atomic E-state index is 0.141. The van der Waals surface area contributed by atoms with Gasteiger partial charge in [0.2, 0.25) is 0 Å². The highest BCUT2D eigenvalue weighted by molar-refractivity contribution is 5.85. The SMILES string of the molecule is CC12CCC3C(CCC4CC(O)CCC43CO)C1(O)CCCC2C1=CC(=O)OC1. The molecule has 0 aromatic heterocycles. The molecule has 0 spiro atoms. The molecule has 162 valence electrons. The van der Waals surface area contributed by atoms with Crippen molar-refractivity contribution in [2.24, 2.45) is 34.5 Å². The Bertz CT molecular complexity index is 718. The van der Waals surface area contributed by atoms with Crippen molar-refractivity contribution in [1.29, 1.82) is 0 Å². The molecule has 29 heavy (non-hydrogen) atoms. The number of rotatable bonds is 2. The quantitative estimate of drug-likeness (QED) is 0.616. The van der Waals surface area contributed by atoms with Gasteiger partial charge in [-0.25, -0.2) is 4.79 Å². The van der Waals surface area contributed by atoms with Crippen LogP contribution in [-0.4, -0.2) is 46.2 Å². The summed E-state index contributed by atoms with van der Waals surface area (Å²) in [4.78, 5) is 11.7. The van der Waals surface area contributed by atoms with E-state index in [4.69, 9.17) is 4.74 Å². The lowest BCUT2D eigenvalue weighted by molar-refractivity contribution is -0.249. The largest absolute Gasteiger partial charge is 0.458 e. The first-order chi connectivity index (χ1) is 13.8. The first-order valence-electron chi connectivity index (χ1n) is 11.7. The molecule has 4 saturated carbocycles. The summed E-state index contributed by atoms with van der Waals surface area (Å²) >= 11 is 0. The van der Waals surface area contributed by atoms with Gasteiger partial charge in [0.05, 0.1) is 11.7 Å². The Kier molecular flexibility index (Phi) is 4.69. The first-order valence-corrected chi connectivity index (χ1v) is 11.7. The van der Waals surface area contributed by atoms with Gasteiger partial charge in [-0.05, 0) is 98.9 Å². The molecule has 4 aliphatic carbocycles. The molecule has 0 aromatic rings. The molecule has 0 bridgehead atoms. The van der Waals surface area contributed by atoms with E-state index < -0.39 is 5.60 Å². The van der Waals surface area contributed by atoms with Crippen LogP contribution in [0.2, 0.25) is 0 Å². The molecular formula is C24H36O5. The molecule has 8 unspecified atom stereocenters. The Hall–Kier alpha value is -0.910. The zero-order valence-electron chi connectivity index (χ0n) is 17.6. The van der Waals surface area contributed by atoms with Gasteiger partial charge < -0.3 is 20.1 Å². The number of hydrogen-bond donors (Lipinski definition) is 3. The standard InChI is InChI=1S/C24H36O5/c1-22-9-7-19-20(5-4-16-12-17(26)6-10-23(16,19)14-25)24(22,28)8-2-3-18(22)15-11-21(27)29-13-15/h11,16-20,25-26,28H,2-10,12-14H2,1H3. The second kappa shape index (κ2) is 6.80. The second-order valence-corrected chi connectivity index (χ2v) is 11.0. The van der Waals surface area contributed by atoms with Gasteiger partial charge in [-0.15, -0.1) is 0 Å². The Morgan fingerprint density at radius 1 is 1.10 bits per heavy atom. The van der Waals surface area contributed by atoms with Crippen LogP contribution in [0.5, 0.6) is 0 Å².